The van der Waals surface area contributed by atoms with Crippen LogP contribution in [0.15, 0.2) is 43.0 Å². The Morgan fingerprint density at radius 2 is 2.19 bits per heavy atom. The van der Waals surface area contributed by atoms with E-state index in [1.165, 1.54) is 19.3 Å². The van der Waals surface area contributed by atoms with E-state index in [0.29, 0.717) is 35.5 Å². The summed E-state index contributed by atoms with van der Waals surface area (Å²) < 4.78 is 1.64. The average molecular weight is 362 g/mol. The lowest BCUT2D eigenvalue weighted by atomic mass is 9.95. The van der Waals surface area contributed by atoms with E-state index >= 15 is 0 Å². The summed E-state index contributed by atoms with van der Waals surface area (Å²) in [6.45, 7) is 0.623. The van der Waals surface area contributed by atoms with Crippen molar-refractivity contribution in [1.82, 2.24) is 24.9 Å². The minimum Gasteiger partial charge on any atom is -0.366 e. The number of fused-ring (bicyclic) bond motifs is 3. The van der Waals surface area contributed by atoms with Crippen molar-refractivity contribution in [1.29, 1.82) is 0 Å². The van der Waals surface area contributed by atoms with Crippen LogP contribution in [0.25, 0.3) is 5.65 Å². The van der Waals surface area contributed by atoms with Gasteiger partial charge in [-0.2, -0.15) is 5.10 Å². The quantitative estimate of drug-likeness (QED) is 0.729. The second-order valence-electron chi connectivity index (χ2n) is 7.61. The van der Waals surface area contributed by atoms with Crippen LogP contribution < -0.4 is 10.6 Å². The zero-order chi connectivity index (χ0) is 18.2. The van der Waals surface area contributed by atoms with Crippen LogP contribution in [0.3, 0.4) is 0 Å². The summed E-state index contributed by atoms with van der Waals surface area (Å²) in [6.07, 6.45) is 11.9. The molecule has 3 aromatic heterocycles. The van der Waals surface area contributed by atoms with E-state index in [4.69, 9.17) is 0 Å². The van der Waals surface area contributed by atoms with Crippen LogP contribution in [0.2, 0.25) is 0 Å². The lowest BCUT2D eigenvalue weighted by molar-refractivity contribution is 0.0924. The maximum atomic E-state index is 12.8. The Labute approximate surface area is 157 Å². The minimum atomic E-state index is -0.0699. The molecule has 2 fully saturated rings. The second-order valence-corrected chi connectivity index (χ2v) is 7.61. The van der Waals surface area contributed by atoms with Crippen molar-refractivity contribution < 1.29 is 4.79 Å². The number of carbonyl (C=O) groups excluding carboxylic acids is 1. The van der Waals surface area contributed by atoms with E-state index in [9.17, 15) is 4.79 Å². The van der Waals surface area contributed by atoms with Gasteiger partial charge in [-0.3, -0.25) is 9.78 Å². The smallest absolute Gasteiger partial charge is 0.256 e. The number of nitrogens with one attached hydrogen (secondary N) is 2. The molecule has 5 rings (SSSR count). The average Bonchev–Trinajstić information content (AvgIpc) is 3.42. The van der Waals surface area contributed by atoms with Gasteiger partial charge in [0.15, 0.2) is 5.65 Å². The molecule has 1 amide bonds. The molecule has 2 aliphatic carbocycles. The van der Waals surface area contributed by atoms with Crippen molar-refractivity contribution in [2.45, 2.75) is 38.3 Å². The fraction of sp³-hybridized carbons (Fsp3) is 0.400. The van der Waals surface area contributed by atoms with E-state index in [0.717, 1.165) is 17.9 Å². The van der Waals surface area contributed by atoms with E-state index in [2.05, 4.69) is 25.7 Å². The Bertz CT molecular complexity index is 969. The molecular weight excluding hydrogens is 340 g/mol. The van der Waals surface area contributed by atoms with Crippen molar-refractivity contribution in [3.05, 3.63) is 54.1 Å². The zero-order valence-electron chi connectivity index (χ0n) is 15.0. The number of hydrogen-bond acceptors (Lipinski definition) is 5. The van der Waals surface area contributed by atoms with Crippen molar-refractivity contribution in [3.8, 4) is 0 Å². The first-order valence-corrected chi connectivity index (χ1v) is 9.54. The fourth-order valence-corrected chi connectivity index (χ4v) is 4.49. The van der Waals surface area contributed by atoms with Crippen molar-refractivity contribution in [2.24, 2.45) is 11.8 Å². The monoisotopic (exact) mass is 362 g/mol. The molecule has 0 aliphatic heterocycles. The number of nitrogens with zero attached hydrogens (tertiary/aromatic N) is 4. The molecule has 0 saturated heterocycles. The SMILES string of the molecule is O=C(N[C@H]1C[C@@H]2CC[C@H]1C2)c1cnn2ccc(NCc3cccnc3)nc12. The van der Waals surface area contributed by atoms with E-state index in [-0.39, 0.29) is 5.91 Å². The lowest BCUT2D eigenvalue weighted by Gasteiger charge is -2.22. The van der Waals surface area contributed by atoms with Gasteiger partial charge < -0.3 is 10.6 Å². The van der Waals surface area contributed by atoms with Crippen molar-refractivity contribution in [3.63, 3.8) is 0 Å². The summed E-state index contributed by atoms with van der Waals surface area (Å²) in [4.78, 5) is 21.5. The summed E-state index contributed by atoms with van der Waals surface area (Å²) in [5, 5.41) is 10.8. The molecule has 7 heteroatoms. The molecule has 0 unspecified atom stereocenters. The van der Waals surface area contributed by atoms with Crippen LogP contribution in [0, 0.1) is 11.8 Å². The van der Waals surface area contributed by atoms with Crippen LogP contribution in [0.1, 0.15) is 41.6 Å². The predicted octanol–water partition coefficient (Wildman–Crippen LogP) is 2.65. The molecule has 3 atom stereocenters. The normalized spacial score (nSPS) is 23.6. The molecule has 2 saturated carbocycles. The van der Waals surface area contributed by atoms with Crippen molar-refractivity contribution >= 4 is 17.4 Å². The molecule has 3 aromatic rings. The number of rotatable bonds is 5. The summed E-state index contributed by atoms with van der Waals surface area (Å²) in [6, 6.07) is 6.07. The van der Waals surface area contributed by atoms with Gasteiger partial charge in [-0.05, 0) is 48.8 Å². The maximum Gasteiger partial charge on any atom is 0.256 e. The number of aromatic nitrogens is 4. The van der Waals surface area contributed by atoms with Gasteiger partial charge in [0.05, 0.1) is 6.20 Å². The van der Waals surface area contributed by atoms with Gasteiger partial charge in [0.1, 0.15) is 11.4 Å². The molecule has 2 bridgehead atoms. The number of pyridine rings is 1. The largest absolute Gasteiger partial charge is 0.366 e. The van der Waals surface area contributed by atoms with Gasteiger partial charge in [-0.15, -0.1) is 0 Å². The molecule has 3 heterocycles. The lowest BCUT2D eigenvalue weighted by Crippen LogP contribution is -2.38. The Kier molecular flexibility index (Phi) is 3.99. The van der Waals surface area contributed by atoms with Crippen LogP contribution in [-0.4, -0.2) is 31.5 Å². The van der Waals surface area contributed by atoms with Gasteiger partial charge in [0.25, 0.3) is 5.91 Å². The Balaban J connectivity index is 1.33. The first kappa shape index (κ1) is 16.2. The number of anilines is 1. The zero-order valence-corrected chi connectivity index (χ0v) is 15.0. The minimum absolute atomic E-state index is 0.0699. The Hall–Kier alpha value is -2.96. The van der Waals surface area contributed by atoms with Gasteiger partial charge in [-0.25, -0.2) is 9.50 Å². The molecule has 2 aliphatic rings. The third-order valence-electron chi connectivity index (χ3n) is 5.86. The highest BCUT2D eigenvalue weighted by Gasteiger charge is 2.40. The Morgan fingerprint density at radius 1 is 1.22 bits per heavy atom. The van der Waals surface area contributed by atoms with Crippen LogP contribution in [0.5, 0.6) is 0 Å². The van der Waals surface area contributed by atoms with E-state index in [1.54, 1.807) is 16.9 Å². The molecule has 7 nitrogen and oxygen atoms in total. The summed E-state index contributed by atoms with van der Waals surface area (Å²) >= 11 is 0. The second kappa shape index (κ2) is 6.64. The number of amides is 1. The fourth-order valence-electron chi connectivity index (χ4n) is 4.49. The molecule has 138 valence electrons. The van der Waals surface area contributed by atoms with Crippen LogP contribution in [-0.2, 0) is 6.54 Å². The Morgan fingerprint density at radius 3 is 2.96 bits per heavy atom. The molecular formula is C20H22N6O. The van der Waals surface area contributed by atoms with E-state index < -0.39 is 0 Å². The predicted molar refractivity (Wildman–Crippen MR) is 101 cm³/mol. The topological polar surface area (TPSA) is 84.2 Å². The summed E-state index contributed by atoms with van der Waals surface area (Å²) in [7, 11) is 0. The van der Waals surface area contributed by atoms with Gasteiger partial charge in [0.2, 0.25) is 0 Å². The molecule has 0 radical (unpaired) electrons. The summed E-state index contributed by atoms with van der Waals surface area (Å²) in [5.74, 6) is 2.08. The number of hydrogen-bond donors (Lipinski definition) is 2. The highest BCUT2D eigenvalue weighted by Crippen LogP contribution is 2.44. The highest BCUT2D eigenvalue weighted by molar-refractivity contribution is 6.00. The van der Waals surface area contributed by atoms with Crippen LogP contribution >= 0.6 is 0 Å². The molecule has 2 N–H and O–H groups in total. The standard InChI is InChI=1S/C20H22N6O/c27-20(24-17-9-13-3-4-15(17)8-13)16-12-23-26-7-5-18(25-19(16)26)22-11-14-2-1-6-21-10-14/h1-2,5-7,10,12-13,15,17H,3-4,8-9,11H2,(H,22,25)(H,24,27)/t13-,15+,17+/m1/s1. The first-order chi connectivity index (χ1) is 13.3. The van der Waals surface area contributed by atoms with Gasteiger partial charge >= 0.3 is 0 Å². The maximum absolute atomic E-state index is 12.8. The molecule has 27 heavy (non-hydrogen) atoms. The third-order valence-corrected chi connectivity index (χ3v) is 5.86. The van der Waals surface area contributed by atoms with Gasteiger partial charge in [-0.1, -0.05) is 12.5 Å². The number of carbonyl (C=O) groups is 1. The first-order valence-electron chi connectivity index (χ1n) is 9.54. The molecule has 0 aromatic carbocycles. The third kappa shape index (κ3) is 3.13. The molecule has 0 spiro atoms. The highest BCUT2D eigenvalue weighted by atomic mass is 16.1. The van der Waals surface area contributed by atoms with Gasteiger partial charge in [0, 0.05) is 31.2 Å². The van der Waals surface area contributed by atoms with Crippen molar-refractivity contribution in [2.75, 3.05) is 5.32 Å². The summed E-state index contributed by atoms with van der Waals surface area (Å²) in [5.41, 5.74) is 2.18. The van der Waals surface area contributed by atoms with E-state index in [1.807, 2.05) is 30.6 Å². The van der Waals surface area contributed by atoms with Crippen LogP contribution in [0.4, 0.5) is 5.82 Å².